The fraction of sp³-hybridized carbons (Fsp3) is 0.500. The van der Waals surface area contributed by atoms with Gasteiger partial charge < -0.3 is 14.8 Å². The van der Waals surface area contributed by atoms with E-state index < -0.39 is 18.0 Å². The van der Waals surface area contributed by atoms with Crippen LogP contribution in [0.3, 0.4) is 0 Å². The molecule has 2 aliphatic heterocycles. The average Bonchev–Trinajstić information content (AvgIpc) is 2.89. The van der Waals surface area contributed by atoms with Crippen LogP contribution in [-0.2, 0) is 14.3 Å². The van der Waals surface area contributed by atoms with Crippen LogP contribution in [0.15, 0.2) is 24.3 Å². The van der Waals surface area contributed by atoms with Gasteiger partial charge in [-0.15, -0.1) is 0 Å². The molecule has 0 spiro atoms. The molecule has 5 nitrogen and oxygen atoms in total. The summed E-state index contributed by atoms with van der Waals surface area (Å²) in [5.41, 5.74) is 0.430. The van der Waals surface area contributed by atoms with Gasteiger partial charge in [0.25, 0.3) is 0 Å². The smallest absolute Gasteiger partial charge is 0.338 e. The molecule has 0 aliphatic carbocycles. The molecule has 1 N–H and O–H groups in total. The summed E-state index contributed by atoms with van der Waals surface area (Å²) >= 11 is 5.82. The summed E-state index contributed by atoms with van der Waals surface area (Å²) in [6.45, 7) is 0. The Hall–Kier alpha value is -1.59. The molecule has 118 valence electrons. The van der Waals surface area contributed by atoms with Gasteiger partial charge in [-0.25, -0.2) is 4.79 Å². The molecule has 4 atom stereocenters. The third-order valence-corrected chi connectivity index (χ3v) is 4.69. The summed E-state index contributed by atoms with van der Waals surface area (Å²) in [5, 5.41) is 3.96. The number of carbonyl (C=O) groups is 2. The summed E-state index contributed by atoms with van der Waals surface area (Å²) in [7, 11) is 1.36. The van der Waals surface area contributed by atoms with Crippen molar-refractivity contribution in [3.8, 4) is 0 Å². The molecule has 0 saturated carbocycles. The number of nitrogens with one attached hydrogen (secondary N) is 1. The maximum atomic E-state index is 12.3. The minimum atomic E-state index is -0.450. The lowest BCUT2D eigenvalue weighted by Gasteiger charge is -2.35. The first kappa shape index (κ1) is 15.3. The van der Waals surface area contributed by atoms with E-state index in [2.05, 4.69) is 5.32 Å². The number of esters is 2. The number of benzene rings is 1. The Balaban J connectivity index is 1.75. The van der Waals surface area contributed by atoms with Gasteiger partial charge in [0.15, 0.2) is 0 Å². The lowest BCUT2D eigenvalue weighted by Crippen LogP contribution is -2.53. The molecule has 0 radical (unpaired) electrons. The molecule has 22 heavy (non-hydrogen) atoms. The predicted octanol–water partition coefficient (Wildman–Crippen LogP) is 2.18. The molecule has 3 rings (SSSR count). The van der Waals surface area contributed by atoms with Crippen LogP contribution in [0, 0.1) is 5.92 Å². The van der Waals surface area contributed by atoms with E-state index in [0.717, 1.165) is 12.8 Å². The van der Waals surface area contributed by atoms with Crippen LogP contribution in [0.25, 0.3) is 0 Å². The van der Waals surface area contributed by atoms with Crippen LogP contribution >= 0.6 is 11.6 Å². The number of fused-ring (bicyclic) bond motifs is 2. The molecule has 2 aliphatic rings. The quantitative estimate of drug-likeness (QED) is 0.864. The normalized spacial score (nSPS) is 29.9. The molecule has 2 bridgehead atoms. The zero-order valence-electron chi connectivity index (χ0n) is 12.3. The van der Waals surface area contributed by atoms with E-state index in [9.17, 15) is 9.59 Å². The van der Waals surface area contributed by atoms with Crippen molar-refractivity contribution in [2.45, 2.75) is 37.5 Å². The van der Waals surface area contributed by atoms with Crippen molar-refractivity contribution < 1.29 is 19.1 Å². The minimum absolute atomic E-state index is 0.0224. The van der Waals surface area contributed by atoms with Crippen molar-refractivity contribution in [3.63, 3.8) is 0 Å². The Bertz CT molecular complexity index is 574. The van der Waals surface area contributed by atoms with Crippen LogP contribution in [0.4, 0.5) is 0 Å². The number of carbonyl (C=O) groups excluding carboxylic acids is 2. The van der Waals surface area contributed by atoms with Crippen molar-refractivity contribution in [2.24, 2.45) is 5.92 Å². The molecule has 2 heterocycles. The number of hydrogen-bond donors (Lipinski definition) is 1. The topological polar surface area (TPSA) is 64.6 Å². The highest BCUT2D eigenvalue weighted by molar-refractivity contribution is 6.30. The van der Waals surface area contributed by atoms with Gasteiger partial charge in [0.1, 0.15) is 12.0 Å². The fourth-order valence-corrected chi connectivity index (χ4v) is 3.50. The monoisotopic (exact) mass is 323 g/mol. The number of halogens is 1. The van der Waals surface area contributed by atoms with Crippen molar-refractivity contribution in [2.75, 3.05) is 7.11 Å². The maximum absolute atomic E-state index is 12.3. The zero-order valence-corrected chi connectivity index (χ0v) is 13.0. The van der Waals surface area contributed by atoms with Gasteiger partial charge in [-0.2, -0.15) is 0 Å². The molecular formula is C16H18ClNO4. The van der Waals surface area contributed by atoms with Crippen molar-refractivity contribution in [1.82, 2.24) is 5.32 Å². The van der Waals surface area contributed by atoms with Crippen LogP contribution < -0.4 is 5.32 Å². The number of hydrogen-bond acceptors (Lipinski definition) is 5. The molecule has 6 heteroatoms. The van der Waals surface area contributed by atoms with Crippen LogP contribution in [-0.4, -0.2) is 37.2 Å². The van der Waals surface area contributed by atoms with Gasteiger partial charge in [-0.05, 0) is 37.1 Å². The van der Waals surface area contributed by atoms with E-state index in [-0.39, 0.29) is 12.0 Å². The van der Waals surface area contributed by atoms with E-state index in [1.165, 1.54) is 7.11 Å². The molecule has 1 aromatic carbocycles. The van der Waals surface area contributed by atoms with Crippen molar-refractivity contribution in [1.29, 1.82) is 0 Å². The Morgan fingerprint density at radius 2 is 1.95 bits per heavy atom. The summed E-state index contributed by atoms with van der Waals surface area (Å²) in [5.74, 6) is -1.20. The number of ether oxygens (including phenoxy) is 2. The van der Waals surface area contributed by atoms with E-state index in [0.29, 0.717) is 23.0 Å². The highest BCUT2D eigenvalue weighted by Crippen LogP contribution is 2.34. The standard InChI is InChI=1S/C16H18ClNO4/c1-21-16(20)14-12-7-6-11(18-12)8-13(14)22-15(19)9-2-4-10(17)5-3-9/h2-5,11-14,18H,6-8H2,1H3/t11-,12+,13+,14+/m0/s1. The van der Waals surface area contributed by atoms with Gasteiger partial charge in [0.2, 0.25) is 0 Å². The Kier molecular flexibility index (Phi) is 4.36. The van der Waals surface area contributed by atoms with Crippen LogP contribution in [0.1, 0.15) is 29.6 Å². The molecule has 0 unspecified atom stereocenters. The van der Waals surface area contributed by atoms with Crippen LogP contribution in [0.5, 0.6) is 0 Å². The number of methoxy groups -OCH3 is 1. The van der Waals surface area contributed by atoms with Gasteiger partial charge >= 0.3 is 11.9 Å². The highest BCUT2D eigenvalue weighted by atomic mass is 35.5. The summed E-state index contributed by atoms with van der Waals surface area (Å²) in [6.07, 6.45) is 2.08. The first-order valence-electron chi connectivity index (χ1n) is 7.39. The molecule has 1 aromatic rings. The minimum Gasteiger partial charge on any atom is -0.469 e. The lowest BCUT2D eigenvalue weighted by atomic mass is 9.89. The van der Waals surface area contributed by atoms with Gasteiger partial charge in [-0.1, -0.05) is 11.6 Å². The first-order valence-corrected chi connectivity index (χ1v) is 7.76. The van der Waals surface area contributed by atoms with Crippen molar-refractivity contribution in [3.05, 3.63) is 34.9 Å². The third kappa shape index (κ3) is 2.96. The second-order valence-electron chi connectivity index (χ2n) is 5.78. The SMILES string of the molecule is COC(=O)[C@@H]1[C@H]2CC[C@@H](C[C@H]1OC(=O)c1ccc(Cl)cc1)N2. The zero-order chi connectivity index (χ0) is 15.7. The van der Waals surface area contributed by atoms with Crippen LogP contribution in [0.2, 0.25) is 5.02 Å². The lowest BCUT2D eigenvalue weighted by molar-refractivity contribution is -0.152. The fourth-order valence-electron chi connectivity index (χ4n) is 3.37. The Morgan fingerprint density at radius 1 is 1.23 bits per heavy atom. The van der Waals surface area contributed by atoms with Crippen molar-refractivity contribution >= 4 is 23.5 Å². The number of piperidine rings is 1. The number of rotatable bonds is 3. The molecule has 0 amide bonds. The average molecular weight is 324 g/mol. The molecule has 2 fully saturated rings. The maximum Gasteiger partial charge on any atom is 0.338 e. The van der Waals surface area contributed by atoms with Gasteiger partial charge in [-0.3, -0.25) is 4.79 Å². The summed E-state index contributed by atoms with van der Waals surface area (Å²) in [4.78, 5) is 24.3. The molecular weight excluding hydrogens is 306 g/mol. The molecule has 2 saturated heterocycles. The van der Waals surface area contributed by atoms with Gasteiger partial charge in [0, 0.05) is 23.5 Å². The van der Waals surface area contributed by atoms with E-state index in [4.69, 9.17) is 21.1 Å². The second-order valence-corrected chi connectivity index (χ2v) is 6.22. The first-order chi connectivity index (χ1) is 10.6. The third-order valence-electron chi connectivity index (χ3n) is 4.44. The Morgan fingerprint density at radius 3 is 2.64 bits per heavy atom. The van der Waals surface area contributed by atoms with E-state index >= 15 is 0 Å². The van der Waals surface area contributed by atoms with E-state index in [1.54, 1.807) is 24.3 Å². The summed E-state index contributed by atoms with van der Waals surface area (Å²) < 4.78 is 10.5. The molecule has 0 aromatic heterocycles. The predicted molar refractivity (Wildman–Crippen MR) is 80.7 cm³/mol. The van der Waals surface area contributed by atoms with E-state index in [1.807, 2.05) is 0 Å². The summed E-state index contributed by atoms with van der Waals surface area (Å²) in [6, 6.07) is 6.84. The van der Waals surface area contributed by atoms with Gasteiger partial charge in [0.05, 0.1) is 12.7 Å². The highest BCUT2D eigenvalue weighted by Gasteiger charge is 2.47. The Labute approximate surface area is 133 Å². The largest absolute Gasteiger partial charge is 0.469 e. The second kappa shape index (κ2) is 6.26.